The van der Waals surface area contributed by atoms with Crippen LogP contribution in [0.1, 0.15) is 25.2 Å². The molecule has 0 aliphatic carbocycles. The van der Waals surface area contributed by atoms with Gasteiger partial charge in [0.25, 0.3) is 0 Å². The van der Waals surface area contributed by atoms with Crippen LogP contribution in [0.5, 0.6) is 0 Å². The molecule has 3 aromatic rings. The molecule has 3 rings (SSSR count). The Bertz CT molecular complexity index is 870. The molecule has 3 nitrogen and oxygen atoms in total. The van der Waals surface area contributed by atoms with E-state index in [1.807, 2.05) is 25.1 Å². The quantitative estimate of drug-likeness (QED) is 0.612. The van der Waals surface area contributed by atoms with Crippen molar-refractivity contribution in [1.29, 1.82) is 0 Å². The number of rotatable bonds is 5. The predicted molar refractivity (Wildman–Crippen MR) is 93.7 cm³/mol. The fourth-order valence-corrected chi connectivity index (χ4v) is 3.39. The summed E-state index contributed by atoms with van der Waals surface area (Å²) in [7, 11) is 0. The number of alkyl halides is 1. The molecule has 23 heavy (non-hydrogen) atoms. The van der Waals surface area contributed by atoms with Crippen LogP contribution in [0, 0.1) is 0 Å². The van der Waals surface area contributed by atoms with E-state index in [4.69, 9.17) is 0 Å². The third-order valence-corrected chi connectivity index (χ3v) is 4.49. The molecule has 0 amide bonds. The van der Waals surface area contributed by atoms with E-state index in [0.29, 0.717) is 11.0 Å². The van der Waals surface area contributed by atoms with E-state index >= 15 is 0 Å². The van der Waals surface area contributed by atoms with Crippen LogP contribution in [0.25, 0.3) is 16.5 Å². The van der Waals surface area contributed by atoms with Gasteiger partial charge in [-0.2, -0.15) is 0 Å². The highest BCUT2D eigenvalue weighted by atomic mass is 32.2. The second-order valence-corrected chi connectivity index (χ2v) is 6.58. The van der Waals surface area contributed by atoms with Crippen molar-refractivity contribution >= 4 is 22.5 Å². The molecule has 0 bridgehead atoms. The van der Waals surface area contributed by atoms with Crippen molar-refractivity contribution in [2.45, 2.75) is 32.1 Å². The summed E-state index contributed by atoms with van der Waals surface area (Å²) in [5.74, 6) is 0.308. The van der Waals surface area contributed by atoms with Crippen LogP contribution in [0.3, 0.4) is 0 Å². The van der Waals surface area contributed by atoms with Crippen LogP contribution in [-0.2, 0) is 13.1 Å². The number of aromatic nitrogens is 3. The molecule has 2 aromatic carbocycles. The highest BCUT2D eigenvalue weighted by molar-refractivity contribution is 8.02. The number of fused-ring (bicyclic) bond motifs is 1. The van der Waals surface area contributed by atoms with Gasteiger partial charge in [0.1, 0.15) is 6.67 Å². The van der Waals surface area contributed by atoms with Gasteiger partial charge in [-0.3, -0.25) is 4.57 Å². The summed E-state index contributed by atoms with van der Waals surface area (Å²) >= 11 is 1.40. The van der Waals surface area contributed by atoms with E-state index in [0.717, 1.165) is 22.4 Å². The predicted octanol–water partition coefficient (Wildman–Crippen LogP) is 5.08. The SMILES string of the molecule is C=C(C)Sc1nnc(CF)n1-c1ccc(CC)c2ccccc12. The van der Waals surface area contributed by atoms with Gasteiger partial charge in [-0.25, -0.2) is 4.39 Å². The number of benzene rings is 2. The number of nitrogens with zero attached hydrogens (tertiary/aromatic N) is 3. The number of thioether (sulfide) groups is 1. The van der Waals surface area contributed by atoms with E-state index in [1.54, 1.807) is 4.57 Å². The Morgan fingerprint density at radius 3 is 2.57 bits per heavy atom. The van der Waals surface area contributed by atoms with E-state index in [2.05, 4.69) is 41.9 Å². The molecule has 0 saturated carbocycles. The van der Waals surface area contributed by atoms with Gasteiger partial charge in [-0.15, -0.1) is 10.2 Å². The normalized spacial score (nSPS) is 11.1. The fourth-order valence-electron chi connectivity index (χ4n) is 2.70. The average molecular weight is 327 g/mol. The summed E-state index contributed by atoms with van der Waals surface area (Å²) < 4.78 is 15.2. The van der Waals surface area contributed by atoms with Crippen molar-refractivity contribution in [1.82, 2.24) is 14.8 Å². The molecule has 118 valence electrons. The van der Waals surface area contributed by atoms with Crippen LogP contribution in [0.15, 0.2) is 53.0 Å². The average Bonchev–Trinajstić information content (AvgIpc) is 2.95. The van der Waals surface area contributed by atoms with Crippen molar-refractivity contribution in [3.05, 3.63) is 59.3 Å². The lowest BCUT2D eigenvalue weighted by atomic mass is 10.0. The molecule has 0 fully saturated rings. The van der Waals surface area contributed by atoms with Crippen molar-refractivity contribution in [3.63, 3.8) is 0 Å². The Kier molecular flexibility index (Phi) is 4.48. The summed E-state index contributed by atoms with van der Waals surface area (Å²) in [6, 6.07) is 12.3. The minimum atomic E-state index is -0.659. The zero-order valence-corrected chi connectivity index (χ0v) is 14.0. The fraction of sp³-hybridized carbons (Fsp3) is 0.222. The lowest BCUT2D eigenvalue weighted by molar-refractivity contribution is 0.458. The smallest absolute Gasteiger partial charge is 0.200 e. The lowest BCUT2D eigenvalue weighted by Gasteiger charge is -2.14. The van der Waals surface area contributed by atoms with E-state index < -0.39 is 6.67 Å². The molecule has 0 spiro atoms. The van der Waals surface area contributed by atoms with Crippen LogP contribution >= 0.6 is 11.8 Å². The van der Waals surface area contributed by atoms with Crippen molar-refractivity contribution in [2.24, 2.45) is 0 Å². The standard InChI is InChI=1S/C18H18FN3S/c1-4-13-9-10-16(15-8-6-5-7-14(13)15)22-17(11-19)20-21-18(22)23-12(2)3/h5-10H,2,4,11H2,1,3H3. The second kappa shape index (κ2) is 6.54. The minimum absolute atomic E-state index is 0.308. The summed E-state index contributed by atoms with van der Waals surface area (Å²) in [5.41, 5.74) is 2.17. The Balaban J connectivity index is 2.29. The molecule has 1 heterocycles. The topological polar surface area (TPSA) is 30.7 Å². The van der Waals surface area contributed by atoms with Gasteiger partial charge in [0.05, 0.1) is 5.69 Å². The lowest BCUT2D eigenvalue weighted by Crippen LogP contribution is -2.03. The molecule has 0 unspecified atom stereocenters. The van der Waals surface area contributed by atoms with Gasteiger partial charge in [-0.05, 0) is 35.3 Å². The van der Waals surface area contributed by atoms with Gasteiger partial charge < -0.3 is 0 Å². The van der Waals surface area contributed by atoms with Crippen LogP contribution in [-0.4, -0.2) is 14.8 Å². The third-order valence-electron chi connectivity index (χ3n) is 3.70. The Morgan fingerprint density at radius 1 is 1.17 bits per heavy atom. The van der Waals surface area contributed by atoms with Gasteiger partial charge in [0.2, 0.25) is 0 Å². The van der Waals surface area contributed by atoms with Crippen molar-refractivity contribution in [3.8, 4) is 5.69 Å². The maximum absolute atomic E-state index is 13.4. The molecule has 0 aliphatic rings. The summed E-state index contributed by atoms with van der Waals surface area (Å²) in [5, 5.41) is 11.0. The Labute approximate surface area is 139 Å². The monoisotopic (exact) mass is 327 g/mol. The highest BCUT2D eigenvalue weighted by Crippen LogP contribution is 2.32. The molecular formula is C18H18FN3S. The van der Waals surface area contributed by atoms with Crippen LogP contribution < -0.4 is 0 Å². The summed E-state index contributed by atoms with van der Waals surface area (Å²) in [6.07, 6.45) is 0.951. The van der Waals surface area contributed by atoms with Gasteiger partial charge in [-0.1, -0.05) is 55.6 Å². The first-order chi connectivity index (χ1) is 11.2. The van der Waals surface area contributed by atoms with Gasteiger partial charge >= 0.3 is 0 Å². The molecule has 0 atom stereocenters. The highest BCUT2D eigenvalue weighted by Gasteiger charge is 2.17. The number of allylic oxidation sites excluding steroid dienone is 1. The zero-order valence-electron chi connectivity index (χ0n) is 13.2. The second-order valence-electron chi connectivity index (χ2n) is 5.31. The summed E-state index contributed by atoms with van der Waals surface area (Å²) in [4.78, 5) is 0.888. The van der Waals surface area contributed by atoms with Crippen molar-refractivity contribution < 1.29 is 4.39 Å². The van der Waals surface area contributed by atoms with Gasteiger partial charge in [0, 0.05) is 5.39 Å². The first kappa shape index (κ1) is 15.7. The van der Waals surface area contributed by atoms with Crippen LogP contribution in [0.4, 0.5) is 4.39 Å². The molecule has 0 radical (unpaired) electrons. The Hall–Kier alpha value is -2.14. The van der Waals surface area contributed by atoms with E-state index in [9.17, 15) is 4.39 Å². The molecular weight excluding hydrogens is 309 g/mol. The summed E-state index contributed by atoms with van der Waals surface area (Å²) in [6.45, 7) is 7.27. The number of aryl methyl sites for hydroxylation is 1. The maximum Gasteiger partial charge on any atom is 0.200 e. The largest absolute Gasteiger partial charge is 0.271 e. The first-order valence-electron chi connectivity index (χ1n) is 7.50. The molecule has 5 heteroatoms. The zero-order chi connectivity index (χ0) is 16.4. The number of hydrogen-bond donors (Lipinski definition) is 0. The first-order valence-corrected chi connectivity index (χ1v) is 8.32. The third kappa shape index (κ3) is 2.88. The van der Waals surface area contributed by atoms with Gasteiger partial charge in [0.15, 0.2) is 11.0 Å². The van der Waals surface area contributed by atoms with Crippen molar-refractivity contribution in [2.75, 3.05) is 0 Å². The Morgan fingerprint density at radius 2 is 1.91 bits per heavy atom. The molecule has 0 aliphatic heterocycles. The number of hydrogen-bond acceptors (Lipinski definition) is 3. The molecule has 0 saturated heterocycles. The van der Waals surface area contributed by atoms with E-state index in [-0.39, 0.29) is 0 Å². The van der Waals surface area contributed by atoms with E-state index in [1.165, 1.54) is 22.7 Å². The minimum Gasteiger partial charge on any atom is -0.271 e. The molecule has 0 N–H and O–H groups in total. The molecule has 1 aromatic heterocycles. The van der Waals surface area contributed by atoms with Crippen LogP contribution in [0.2, 0.25) is 0 Å². The maximum atomic E-state index is 13.4. The number of halogens is 1.